The summed E-state index contributed by atoms with van der Waals surface area (Å²) in [6, 6.07) is 0. The van der Waals surface area contributed by atoms with Gasteiger partial charge in [-0.3, -0.25) is 0 Å². The minimum atomic E-state index is -0.997. The van der Waals surface area contributed by atoms with Gasteiger partial charge in [0, 0.05) is 11.6 Å². The molecule has 5 heteroatoms. The molecule has 0 aromatic rings. The molecule has 5 nitrogen and oxygen atoms in total. The van der Waals surface area contributed by atoms with Gasteiger partial charge in [-0.1, -0.05) is 13.0 Å². The second-order valence-electron chi connectivity index (χ2n) is 4.58. The Morgan fingerprint density at radius 1 is 1.47 bits per heavy atom. The summed E-state index contributed by atoms with van der Waals surface area (Å²) in [6.45, 7) is 7.35. The van der Waals surface area contributed by atoms with Gasteiger partial charge in [0.1, 0.15) is 6.10 Å². The molecule has 0 aliphatic carbocycles. The molecular formula is C12H21NO4. The van der Waals surface area contributed by atoms with Crippen molar-refractivity contribution in [3.8, 4) is 0 Å². The fourth-order valence-corrected chi connectivity index (χ4v) is 1.08. The summed E-state index contributed by atoms with van der Waals surface area (Å²) in [5.41, 5.74) is -0.531. The van der Waals surface area contributed by atoms with Crippen LogP contribution in [0.5, 0.6) is 0 Å². The van der Waals surface area contributed by atoms with Crippen molar-refractivity contribution in [2.24, 2.45) is 0 Å². The Morgan fingerprint density at radius 3 is 2.53 bits per heavy atom. The lowest BCUT2D eigenvalue weighted by Gasteiger charge is -2.25. The third-order valence-corrected chi connectivity index (χ3v) is 2.21. The second kappa shape index (κ2) is 6.93. The van der Waals surface area contributed by atoms with Gasteiger partial charge in [0.15, 0.2) is 0 Å². The Labute approximate surface area is 102 Å². The van der Waals surface area contributed by atoms with Gasteiger partial charge in [-0.15, -0.1) is 0 Å². The van der Waals surface area contributed by atoms with Crippen LogP contribution in [-0.2, 0) is 9.53 Å². The first kappa shape index (κ1) is 15.5. The number of carboxylic acids is 1. The van der Waals surface area contributed by atoms with Crippen molar-refractivity contribution in [3.05, 3.63) is 12.2 Å². The number of alkyl carbamates (subject to hydrolysis) is 1. The molecule has 0 heterocycles. The highest BCUT2D eigenvalue weighted by Crippen LogP contribution is 2.10. The van der Waals surface area contributed by atoms with E-state index in [4.69, 9.17) is 9.84 Å². The van der Waals surface area contributed by atoms with Crippen LogP contribution in [0.25, 0.3) is 0 Å². The van der Waals surface area contributed by atoms with E-state index in [1.54, 1.807) is 13.8 Å². The Morgan fingerprint density at radius 2 is 2.06 bits per heavy atom. The summed E-state index contributed by atoms with van der Waals surface area (Å²) in [5.74, 6) is -0.997. The van der Waals surface area contributed by atoms with E-state index in [0.717, 1.165) is 12.5 Å². The number of nitrogens with one attached hydrogen (secondary N) is 1. The number of ether oxygens (including phenoxy) is 1. The maximum absolute atomic E-state index is 11.5. The van der Waals surface area contributed by atoms with Crippen LogP contribution in [0.1, 0.15) is 40.5 Å². The molecule has 17 heavy (non-hydrogen) atoms. The zero-order chi connectivity index (χ0) is 13.5. The van der Waals surface area contributed by atoms with Gasteiger partial charge in [-0.25, -0.2) is 9.59 Å². The molecule has 1 atom stereocenters. The largest absolute Gasteiger partial charge is 0.478 e. The fraction of sp³-hybridized carbons (Fsp3) is 0.667. The highest BCUT2D eigenvalue weighted by Gasteiger charge is 2.20. The highest BCUT2D eigenvalue weighted by molar-refractivity contribution is 5.79. The van der Waals surface area contributed by atoms with E-state index in [2.05, 4.69) is 5.32 Å². The highest BCUT2D eigenvalue weighted by atomic mass is 16.6. The number of aliphatic carboxylic acids is 1. The monoisotopic (exact) mass is 243 g/mol. The molecule has 0 rings (SSSR count). The molecule has 98 valence electrons. The Kier molecular flexibility index (Phi) is 6.31. The minimum absolute atomic E-state index is 0.125. The van der Waals surface area contributed by atoms with E-state index in [1.807, 2.05) is 13.8 Å². The number of amides is 1. The number of rotatable bonds is 6. The molecule has 0 aromatic heterocycles. The second-order valence-corrected chi connectivity index (χ2v) is 4.58. The normalized spacial score (nSPS) is 13.4. The van der Waals surface area contributed by atoms with Gasteiger partial charge in [0.2, 0.25) is 0 Å². The average molecular weight is 243 g/mol. The molecule has 0 fully saturated rings. The topological polar surface area (TPSA) is 75.6 Å². The van der Waals surface area contributed by atoms with Crippen molar-refractivity contribution in [2.75, 3.05) is 0 Å². The van der Waals surface area contributed by atoms with Crippen LogP contribution in [0.3, 0.4) is 0 Å². The van der Waals surface area contributed by atoms with Crippen LogP contribution >= 0.6 is 0 Å². The van der Waals surface area contributed by atoms with Crippen molar-refractivity contribution in [1.82, 2.24) is 5.32 Å². The van der Waals surface area contributed by atoms with Crippen LogP contribution in [0.15, 0.2) is 12.2 Å². The van der Waals surface area contributed by atoms with Crippen LogP contribution in [-0.4, -0.2) is 28.8 Å². The predicted molar refractivity (Wildman–Crippen MR) is 64.8 cm³/mol. The van der Waals surface area contributed by atoms with E-state index in [-0.39, 0.29) is 6.10 Å². The van der Waals surface area contributed by atoms with Crippen molar-refractivity contribution < 1.29 is 19.4 Å². The van der Waals surface area contributed by atoms with Gasteiger partial charge in [0.05, 0.1) is 0 Å². The number of hydrogen-bond acceptors (Lipinski definition) is 3. The summed E-state index contributed by atoms with van der Waals surface area (Å²) >= 11 is 0. The quantitative estimate of drug-likeness (QED) is 0.702. The molecular weight excluding hydrogens is 222 g/mol. The fourth-order valence-electron chi connectivity index (χ4n) is 1.08. The molecule has 1 amide bonds. The van der Waals surface area contributed by atoms with E-state index in [9.17, 15) is 9.59 Å². The molecule has 0 saturated carbocycles. The minimum Gasteiger partial charge on any atom is -0.478 e. The first-order valence-electron chi connectivity index (χ1n) is 5.65. The van der Waals surface area contributed by atoms with Crippen LogP contribution in [0, 0.1) is 0 Å². The van der Waals surface area contributed by atoms with Gasteiger partial charge in [-0.05, 0) is 33.6 Å². The summed E-state index contributed by atoms with van der Waals surface area (Å²) < 4.78 is 5.07. The van der Waals surface area contributed by atoms with Crippen molar-refractivity contribution >= 4 is 12.1 Å². The van der Waals surface area contributed by atoms with E-state index < -0.39 is 17.6 Å². The maximum Gasteiger partial charge on any atom is 0.407 e. The number of carbonyl (C=O) groups excluding carboxylic acids is 1. The Hall–Kier alpha value is -1.52. The van der Waals surface area contributed by atoms with Gasteiger partial charge >= 0.3 is 12.1 Å². The van der Waals surface area contributed by atoms with Crippen molar-refractivity contribution in [3.63, 3.8) is 0 Å². The lowest BCUT2D eigenvalue weighted by molar-refractivity contribution is -0.131. The van der Waals surface area contributed by atoms with E-state index in [0.29, 0.717) is 6.42 Å². The zero-order valence-electron chi connectivity index (χ0n) is 10.8. The summed E-state index contributed by atoms with van der Waals surface area (Å²) in [7, 11) is 0. The molecule has 0 spiro atoms. The summed E-state index contributed by atoms with van der Waals surface area (Å²) in [4.78, 5) is 21.7. The van der Waals surface area contributed by atoms with Crippen LogP contribution < -0.4 is 5.32 Å². The molecule has 2 N–H and O–H groups in total. The van der Waals surface area contributed by atoms with Crippen molar-refractivity contribution in [1.29, 1.82) is 0 Å². The number of hydrogen-bond donors (Lipinski definition) is 2. The molecule has 1 unspecified atom stereocenters. The first-order chi connectivity index (χ1) is 7.76. The summed E-state index contributed by atoms with van der Waals surface area (Å²) in [6.07, 6.45) is 3.14. The standard InChI is InChI=1S/C12H21NO4/c1-5-9(2)17-11(16)13-12(3,4)8-6-7-10(14)15/h6-7,9H,5,8H2,1-4H3,(H,13,16)(H,14,15)/b7-6+. The van der Waals surface area contributed by atoms with Gasteiger partial charge in [0.25, 0.3) is 0 Å². The van der Waals surface area contributed by atoms with Gasteiger partial charge in [-0.2, -0.15) is 0 Å². The predicted octanol–water partition coefficient (Wildman–Crippen LogP) is 2.32. The SMILES string of the molecule is CCC(C)OC(=O)NC(C)(C)C/C=C/C(=O)O. The third kappa shape index (κ3) is 8.30. The number of carboxylic acid groups (broad SMARTS) is 1. The molecule has 0 saturated heterocycles. The zero-order valence-corrected chi connectivity index (χ0v) is 10.8. The first-order valence-corrected chi connectivity index (χ1v) is 5.65. The lowest BCUT2D eigenvalue weighted by atomic mass is 10.0. The van der Waals surface area contributed by atoms with Crippen molar-refractivity contribution in [2.45, 2.75) is 52.2 Å². The smallest absolute Gasteiger partial charge is 0.407 e. The molecule has 0 aliphatic heterocycles. The molecule has 0 aliphatic rings. The molecule has 0 radical (unpaired) electrons. The molecule has 0 bridgehead atoms. The summed E-state index contributed by atoms with van der Waals surface area (Å²) in [5, 5.41) is 11.1. The lowest BCUT2D eigenvalue weighted by Crippen LogP contribution is -2.44. The van der Waals surface area contributed by atoms with Crippen LogP contribution in [0.4, 0.5) is 4.79 Å². The maximum atomic E-state index is 11.5. The Balaban J connectivity index is 4.15. The Bertz CT molecular complexity index is 297. The third-order valence-electron chi connectivity index (χ3n) is 2.21. The molecule has 0 aromatic carbocycles. The van der Waals surface area contributed by atoms with Crippen LogP contribution in [0.2, 0.25) is 0 Å². The van der Waals surface area contributed by atoms with E-state index in [1.165, 1.54) is 6.08 Å². The number of carbonyl (C=O) groups is 2. The van der Waals surface area contributed by atoms with E-state index >= 15 is 0 Å². The average Bonchev–Trinajstić information content (AvgIpc) is 2.15. The van der Waals surface area contributed by atoms with Gasteiger partial charge < -0.3 is 15.2 Å².